The van der Waals surface area contributed by atoms with Crippen LogP contribution in [0.3, 0.4) is 0 Å². The lowest BCUT2D eigenvalue weighted by molar-refractivity contribution is 0.199. The minimum atomic E-state index is -0.445. The summed E-state index contributed by atoms with van der Waals surface area (Å²) in [5.74, 6) is 1.59. The van der Waals surface area contributed by atoms with Crippen LogP contribution in [0, 0.1) is 0 Å². The van der Waals surface area contributed by atoms with Gasteiger partial charge in [0.05, 0.1) is 6.10 Å². The molecule has 0 aromatic heterocycles. The van der Waals surface area contributed by atoms with Gasteiger partial charge in [0.15, 0.2) is 0 Å². The molecule has 0 amide bonds. The van der Waals surface area contributed by atoms with Crippen molar-refractivity contribution in [1.29, 1.82) is 0 Å². The Hall–Kier alpha value is -1.45. The Morgan fingerprint density at radius 3 is 1.89 bits per heavy atom. The highest BCUT2D eigenvalue weighted by Gasteiger charge is 2.01. The summed E-state index contributed by atoms with van der Waals surface area (Å²) in [6.45, 7) is 1.75. The standard InChI is InChI=1S/C15H16O2S/c1-11(16)12-3-5-13(6-4-12)17-14-7-9-15(18-2)10-8-14/h3-11,16H,1-2H3/t11-/m1/s1. The molecule has 0 aliphatic heterocycles. The van der Waals surface area contributed by atoms with Crippen LogP contribution in [0.1, 0.15) is 18.6 Å². The Balaban J connectivity index is 2.08. The van der Waals surface area contributed by atoms with Gasteiger partial charge in [-0.15, -0.1) is 11.8 Å². The van der Waals surface area contributed by atoms with E-state index in [1.165, 1.54) is 4.90 Å². The third kappa shape index (κ3) is 3.28. The number of aliphatic hydroxyl groups is 1. The first-order valence-electron chi connectivity index (χ1n) is 5.79. The summed E-state index contributed by atoms with van der Waals surface area (Å²) in [5.41, 5.74) is 0.889. The Kier molecular flexibility index (Phi) is 4.28. The Labute approximate surface area is 112 Å². The lowest BCUT2D eigenvalue weighted by atomic mass is 10.1. The van der Waals surface area contributed by atoms with E-state index in [9.17, 15) is 5.11 Å². The first-order valence-corrected chi connectivity index (χ1v) is 7.01. The van der Waals surface area contributed by atoms with Gasteiger partial charge < -0.3 is 9.84 Å². The quantitative estimate of drug-likeness (QED) is 0.833. The molecule has 0 radical (unpaired) electrons. The fraction of sp³-hybridized carbons (Fsp3) is 0.200. The molecule has 0 fully saturated rings. The van der Waals surface area contributed by atoms with E-state index in [0.29, 0.717) is 0 Å². The van der Waals surface area contributed by atoms with Gasteiger partial charge in [-0.05, 0) is 55.1 Å². The molecule has 0 spiro atoms. The fourth-order valence-electron chi connectivity index (χ4n) is 1.59. The minimum absolute atomic E-state index is 0.445. The maximum atomic E-state index is 9.42. The van der Waals surface area contributed by atoms with E-state index in [2.05, 4.69) is 0 Å². The van der Waals surface area contributed by atoms with Crippen LogP contribution in [0.15, 0.2) is 53.4 Å². The summed E-state index contributed by atoms with van der Waals surface area (Å²) >= 11 is 1.71. The molecule has 2 nitrogen and oxygen atoms in total. The van der Waals surface area contributed by atoms with Crippen LogP contribution in [-0.2, 0) is 0 Å². The van der Waals surface area contributed by atoms with Gasteiger partial charge in [0.1, 0.15) is 11.5 Å². The zero-order chi connectivity index (χ0) is 13.0. The number of ether oxygens (including phenoxy) is 1. The Morgan fingerprint density at radius 1 is 0.944 bits per heavy atom. The van der Waals surface area contributed by atoms with E-state index in [-0.39, 0.29) is 0 Å². The second kappa shape index (κ2) is 5.94. The van der Waals surface area contributed by atoms with Crippen molar-refractivity contribution in [3.05, 3.63) is 54.1 Å². The zero-order valence-corrected chi connectivity index (χ0v) is 11.3. The summed E-state index contributed by atoms with van der Waals surface area (Å²) in [6, 6.07) is 15.4. The summed E-state index contributed by atoms with van der Waals surface area (Å²) in [4.78, 5) is 1.21. The largest absolute Gasteiger partial charge is 0.457 e. The lowest BCUT2D eigenvalue weighted by Crippen LogP contribution is -1.90. The van der Waals surface area contributed by atoms with Crippen LogP contribution in [0.2, 0.25) is 0 Å². The lowest BCUT2D eigenvalue weighted by Gasteiger charge is -2.08. The smallest absolute Gasteiger partial charge is 0.127 e. The van der Waals surface area contributed by atoms with Gasteiger partial charge in [-0.25, -0.2) is 0 Å². The first-order chi connectivity index (χ1) is 8.69. The van der Waals surface area contributed by atoms with Crippen molar-refractivity contribution < 1.29 is 9.84 Å². The number of rotatable bonds is 4. The number of hydrogen-bond acceptors (Lipinski definition) is 3. The van der Waals surface area contributed by atoms with Crippen LogP contribution in [0.4, 0.5) is 0 Å². The van der Waals surface area contributed by atoms with Crippen molar-refractivity contribution in [3.8, 4) is 11.5 Å². The van der Waals surface area contributed by atoms with Crippen molar-refractivity contribution >= 4 is 11.8 Å². The van der Waals surface area contributed by atoms with Gasteiger partial charge >= 0.3 is 0 Å². The fourth-order valence-corrected chi connectivity index (χ4v) is 2.00. The summed E-state index contributed by atoms with van der Waals surface area (Å²) < 4.78 is 5.72. The first kappa shape index (κ1) is 13.0. The van der Waals surface area contributed by atoms with Gasteiger partial charge in [0.2, 0.25) is 0 Å². The average molecular weight is 260 g/mol. The highest BCUT2D eigenvalue weighted by Crippen LogP contribution is 2.25. The van der Waals surface area contributed by atoms with Gasteiger partial charge in [0, 0.05) is 4.90 Å². The number of thioether (sulfide) groups is 1. The summed E-state index contributed by atoms with van der Waals surface area (Å²) in [7, 11) is 0. The predicted molar refractivity (Wildman–Crippen MR) is 75.4 cm³/mol. The topological polar surface area (TPSA) is 29.5 Å². The summed E-state index contributed by atoms with van der Waals surface area (Å²) in [5, 5.41) is 9.42. The van der Waals surface area contributed by atoms with E-state index in [4.69, 9.17) is 4.74 Å². The molecular weight excluding hydrogens is 244 g/mol. The second-order valence-electron chi connectivity index (χ2n) is 4.02. The molecule has 1 N–H and O–H groups in total. The van der Waals surface area contributed by atoms with Crippen LogP contribution >= 0.6 is 11.8 Å². The van der Waals surface area contributed by atoms with E-state index in [0.717, 1.165) is 17.1 Å². The van der Waals surface area contributed by atoms with E-state index in [1.807, 2.05) is 54.8 Å². The molecule has 2 aromatic rings. The zero-order valence-electron chi connectivity index (χ0n) is 10.5. The van der Waals surface area contributed by atoms with Gasteiger partial charge in [-0.1, -0.05) is 12.1 Å². The predicted octanol–water partition coefficient (Wildman–Crippen LogP) is 4.25. The number of aliphatic hydroxyl groups excluding tert-OH is 1. The SMILES string of the molecule is CSc1ccc(Oc2ccc([C@@H](C)O)cc2)cc1. The molecule has 2 aromatic carbocycles. The molecule has 1 atom stereocenters. The third-order valence-corrected chi connectivity index (χ3v) is 3.40. The molecule has 0 saturated heterocycles. The molecule has 3 heteroatoms. The molecule has 2 rings (SSSR count). The Morgan fingerprint density at radius 2 is 1.44 bits per heavy atom. The monoisotopic (exact) mass is 260 g/mol. The van der Waals surface area contributed by atoms with Gasteiger partial charge in [-0.2, -0.15) is 0 Å². The molecular formula is C15H16O2S. The molecule has 0 unspecified atom stereocenters. The second-order valence-corrected chi connectivity index (χ2v) is 4.90. The van der Waals surface area contributed by atoms with Crippen molar-refractivity contribution in [3.63, 3.8) is 0 Å². The van der Waals surface area contributed by atoms with Crippen LogP contribution in [0.25, 0.3) is 0 Å². The summed E-state index contributed by atoms with van der Waals surface area (Å²) in [6.07, 6.45) is 1.60. The number of hydrogen-bond donors (Lipinski definition) is 1. The van der Waals surface area contributed by atoms with Gasteiger partial charge in [0.25, 0.3) is 0 Å². The molecule has 94 valence electrons. The van der Waals surface area contributed by atoms with Gasteiger partial charge in [-0.3, -0.25) is 0 Å². The van der Waals surface area contributed by atoms with Crippen LogP contribution < -0.4 is 4.74 Å². The Bertz CT molecular complexity index is 489. The van der Waals surface area contributed by atoms with Crippen molar-refractivity contribution in [1.82, 2.24) is 0 Å². The number of benzene rings is 2. The van der Waals surface area contributed by atoms with E-state index < -0.39 is 6.10 Å². The molecule has 0 bridgehead atoms. The molecule has 18 heavy (non-hydrogen) atoms. The highest BCUT2D eigenvalue weighted by atomic mass is 32.2. The molecule has 0 heterocycles. The van der Waals surface area contributed by atoms with Crippen molar-refractivity contribution in [2.75, 3.05) is 6.26 Å². The molecule has 0 saturated carbocycles. The molecule has 0 aliphatic carbocycles. The van der Waals surface area contributed by atoms with Crippen molar-refractivity contribution in [2.45, 2.75) is 17.9 Å². The van der Waals surface area contributed by atoms with E-state index >= 15 is 0 Å². The highest BCUT2D eigenvalue weighted by molar-refractivity contribution is 7.98. The van der Waals surface area contributed by atoms with Crippen molar-refractivity contribution in [2.24, 2.45) is 0 Å². The minimum Gasteiger partial charge on any atom is -0.457 e. The maximum absolute atomic E-state index is 9.42. The maximum Gasteiger partial charge on any atom is 0.127 e. The third-order valence-electron chi connectivity index (χ3n) is 2.66. The van der Waals surface area contributed by atoms with Crippen LogP contribution in [-0.4, -0.2) is 11.4 Å². The average Bonchev–Trinajstić information content (AvgIpc) is 2.40. The van der Waals surface area contributed by atoms with E-state index in [1.54, 1.807) is 18.7 Å². The van der Waals surface area contributed by atoms with Crippen LogP contribution in [0.5, 0.6) is 11.5 Å². The normalized spacial score (nSPS) is 12.2. The molecule has 0 aliphatic rings.